The van der Waals surface area contributed by atoms with Gasteiger partial charge >= 0.3 is 0 Å². The van der Waals surface area contributed by atoms with Crippen molar-refractivity contribution in [2.75, 3.05) is 11.9 Å². The number of nitrogens with zero attached hydrogens (tertiary/aromatic N) is 2. The lowest BCUT2D eigenvalue weighted by Crippen LogP contribution is -2.23. The van der Waals surface area contributed by atoms with Gasteiger partial charge in [-0.25, -0.2) is 4.99 Å². The Kier molecular flexibility index (Phi) is 14.3. The molecule has 1 aliphatic carbocycles. The van der Waals surface area contributed by atoms with Crippen LogP contribution in [0.15, 0.2) is 221 Å². The van der Waals surface area contributed by atoms with Crippen LogP contribution in [0.4, 0.5) is 5.69 Å². The summed E-state index contributed by atoms with van der Waals surface area (Å²) in [6.45, 7) is 21.3. The van der Waals surface area contributed by atoms with Crippen molar-refractivity contribution in [3.05, 3.63) is 233 Å². The van der Waals surface area contributed by atoms with Gasteiger partial charge in [0.1, 0.15) is 0 Å². The predicted molar refractivity (Wildman–Crippen MR) is 280 cm³/mol. The average Bonchev–Trinajstić information content (AvgIpc) is 3.79. The molecule has 2 heteroatoms. The molecule has 0 spiro atoms. The van der Waals surface area contributed by atoms with Crippen molar-refractivity contribution in [2.24, 2.45) is 4.99 Å². The fourth-order valence-electron chi connectivity index (χ4n) is 10.1. The van der Waals surface area contributed by atoms with E-state index in [2.05, 4.69) is 231 Å². The van der Waals surface area contributed by atoms with E-state index >= 15 is 0 Å². The molecular formula is C62H64N2. The van der Waals surface area contributed by atoms with Gasteiger partial charge in [-0.05, 0) is 150 Å². The molecule has 8 rings (SSSR count). The molecule has 322 valence electrons. The Hall–Kier alpha value is -6.77. The molecule has 0 aromatic heterocycles. The molecule has 0 saturated carbocycles. The van der Waals surface area contributed by atoms with E-state index in [-0.39, 0.29) is 5.41 Å². The summed E-state index contributed by atoms with van der Waals surface area (Å²) in [6.07, 6.45) is 17.7. The highest BCUT2D eigenvalue weighted by Gasteiger charge is 2.41. The second-order valence-corrected chi connectivity index (χ2v) is 16.7. The van der Waals surface area contributed by atoms with Crippen LogP contribution in [0.2, 0.25) is 0 Å². The summed E-state index contributed by atoms with van der Waals surface area (Å²) in [5, 5.41) is 2.70. The number of hydrogen-bond acceptors (Lipinski definition) is 2. The van der Waals surface area contributed by atoms with Crippen LogP contribution in [0, 0.1) is 0 Å². The second kappa shape index (κ2) is 20.2. The number of para-hydroxylation sites is 1. The maximum atomic E-state index is 5.22. The Bertz CT molecular complexity index is 2900. The Morgan fingerprint density at radius 3 is 1.91 bits per heavy atom. The lowest BCUT2D eigenvalue weighted by atomic mass is 9.73. The molecule has 6 aromatic carbocycles. The van der Waals surface area contributed by atoms with Crippen LogP contribution in [-0.4, -0.2) is 12.8 Å². The highest BCUT2D eigenvalue weighted by molar-refractivity contribution is 6.22. The summed E-state index contributed by atoms with van der Waals surface area (Å²) in [5.41, 5.74) is 21.5. The van der Waals surface area contributed by atoms with Crippen molar-refractivity contribution in [2.45, 2.75) is 80.1 Å². The van der Waals surface area contributed by atoms with E-state index in [1.807, 2.05) is 19.1 Å². The molecule has 0 unspecified atom stereocenters. The Morgan fingerprint density at radius 2 is 1.27 bits per heavy atom. The minimum absolute atomic E-state index is 0.0619. The van der Waals surface area contributed by atoms with Crippen molar-refractivity contribution in [3.63, 3.8) is 0 Å². The molecule has 0 fully saturated rings. The fourth-order valence-corrected chi connectivity index (χ4v) is 10.1. The molecule has 0 saturated heterocycles. The molecule has 1 aliphatic heterocycles. The summed E-state index contributed by atoms with van der Waals surface area (Å²) in [4.78, 5) is 7.44. The van der Waals surface area contributed by atoms with Gasteiger partial charge in [0.25, 0.3) is 0 Å². The van der Waals surface area contributed by atoms with Crippen LogP contribution < -0.4 is 4.90 Å². The fraction of sp³-hybridized carbons (Fsp3) is 0.210. The number of likely N-dealkylation sites (N-methyl/N-ethyl adjacent to an activating group) is 1. The van der Waals surface area contributed by atoms with E-state index in [9.17, 15) is 0 Å². The number of anilines is 1. The van der Waals surface area contributed by atoms with E-state index in [0.717, 1.165) is 41.9 Å². The van der Waals surface area contributed by atoms with Gasteiger partial charge in [-0.1, -0.05) is 185 Å². The lowest BCUT2D eigenvalue weighted by molar-refractivity contribution is 0.491. The van der Waals surface area contributed by atoms with Crippen molar-refractivity contribution in [1.29, 1.82) is 0 Å². The Labute approximate surface area is 383 Å². The summed E-state index contributed by atoms with van der Waals surface area (Å²) in [7, 11) is 2.10. The van der Waals surface area contributed by atoms with E-state index < -0.39 is 0 Å². The van der Waals surface area contributed by atoms with Crippen LogP contribution in [0.25, 0.3) is 44.2 Å². The summed E-state index contributed by atoms with van der Waals surface area (Å²) in [5.74, 6) is 0. The third-order valence-corrected chi connectivity index (χ3v) is 13.4. The maximum Gasteiger partial charge on any atom is 0.0966 e. The van der Waals surface area contributed by atoms with Gasteiger partial charge in [-0.15, -0.1) is 0 Å². The number of allylic oxidation sites excluding steroid dienone is 12. The first-order valence-electron chi connectivity index (χ1n) is 23.1. The first-order chi connectivity index (χ1) is 31.2. The predicted octanol–water partition coefficient (Wildman–Crippen LogP) is 17.4. The third kappa shape index (κ3) is 8.26. The zero-order chi connectivity index (χ0) is 45.4. The summed E-state index contributed by atoms with van der Waals surface area (Å²) in [6, 6.07) is 48.7. The monoisotopic (exact) mass is 837 g/mol. The summed E-state index contributed by atoms with van der Waals surface area (Å²) >= 11 is 0. The number of benzene rings is 6. The van der Waals surface area contributed by atoms with Gasteiger partial charge < -0.3 is 4.90 Å². The standard InChI is InChI=1S/C33H28.C29H36N2/c1-3-33(4-2)30-21-13-12-20-28(30)32-27-19-11-10-18-26(27)29(22-31(32)33)25-17-9-8-16-24(25)23-14-6-5-7-15-23;1-9-14-19-28-29(25-18-15-16-20-27(25)31(28)8)30-26(13-5)22(7)23(12-4)24(17-10-2)21(6)11-3/h5-22H,3-4H2,1-2H3;9-11,13-20H,3,12H2,1-2,4-8H3/b;14-9-,17-10-,23-22+,24-21+,26-13+,28-19+,30-29+. The van der Waals surface area contributed by atoms with Gasteiger partial charge in [0.2, 0.25) is 0 Å². The minimum Gasteiger partial charge on any atom is -0.342 e. The topological polar surface area (TPSA) is 15.6 Å². The number of hydrogen-bond donors (Lipinski definition) is 0. The van der Waals surface area contributed by atoms with Gasteiger partial charge in [0.15, 0.2) is 0 Å². The lowest BCUT2D eigenvalue weighted by Gasteiger charge is -2.30. The van der Waals surface area contributed by atoms with Crippen molar-refractivity contribution in [3.8, 4) is 33.4 Å². The average molecular weight is 837 g/mol. The largest absolute Gasteiger partial charge is 0.342 e. The maximum absolute atomic E-state index is 5.22. The molecule has 1 heterocycles. The Balaban J connectivity index is 0.000000192. The molecule has 0 amide bonds. The van der Waals surface area contributed by atoms with Crippen molar-refractivity contribution < 1.29 is 0 Å². The second-order valence-electron chi connectivity index (χ2n) is 16.7. The van der Waals surface area contributed by atoms with Crippen molar-refractivity contribution >= 4 is 22.2 Å². The first kappa shape index (κ1) is 45.3. The van der Waals surface area contributed by atoms with Crippen LogP contribution in [-0.2, 0) is 5.41 Å². The number of rotatable bonds is 11. The quantitative estimate of drug-likeness (QED) is 0.119. The third-order valence-electron chi connectivity index (χ3n) is 13.4. The molecule has 6 aromatic rings. The zero-order valence-corrected chi connectivity index (χ0v) is 39.5. The number of aliphatic imine (C=N–C) groups is 1. The molecule has 0 atom stereocenters. The number of fused-ring (bicyclic) bond motifs is 6. The molecule has 0 bridgehead atoms. The van der Waals surface area contributed by atoms with E-state index in [1.165, 1.54) is 83.3 Å². The molecule has 0 N–H and O–H groups in total. The van der Waals surface area contributed by atoms with E-state index in [4.69, 9.17) is 4.99 Å². The van der Waals surface area contributed by atoms with E-state index in [0.29, 0.717) is 0 Å². The highest BCUT2D eigenvalue weighted by Crippen LogP contribution is 2.56. The Morgan fingerprint density at radius 1 is 0.656 bits per heavy atom. The minimum atomic E-state index is 0.0619. The highest BCUT2D eigenvalue weighted by atomic mass is 15.2. The summed E-state index contributed by atoms with van der Waals surface area (Å²) < 4.78 is 0. The van der Waals surface area contributed by atoms with Crippen molar-refractivity contribution in [1.82, 2.24) is 0 Å². The van der Waals surface area contributed by atoms with Crippen LogP contribution in [0.5, 0.6) is 0 Å². The van der Waals surface area contributed by atoms with Crippen LogP contribution in [0.1, 0.15) is 91.3 Å². The van der Waals surface area contributed by atoms with Gasteiger partial charge in [-0.3, -0.25) is 0 Å². The van der Waals surface area contributed by atoms with Gasteiger partial charge in [0, 0.05) is 18.0 Å². The van der Waals surface area contributed by atoms with Crippen LogP contribution in [0.3, 0.4) is 0 Å². The zero-order valence-electron chi connectivity index (χ0n) is 39.5. The van der Waals surface area contributed by atoms with Gasteiger partial charge in [-0.2, -0.15) is 0 Å². The molecule has 64 heavy (non-hydrogen) atoms. The normalized spacial score (nSPS) is 16.1. The first-order valence-corrected chi connectivity index (χ1v) is 23.1. The molecule has 0 radical (unpaired) electrons. The SMILES string of the molecule is C=C/C(C)=C(\C=C/C)C(/CC)=C(C)/C(=C\C)/N=C1/C(=C\C=C/C)N(C)c2ccccc21.CCC1(CC)c2ccccc2-c2c1cc(-c1ccccc1-c1ccccc1)c1ccccc21. The smallest absolute Gasteiger partial charge is 0.0966 e. The van der Waals surface area contributed by atoms with Gasteiger partial charge in [0.05, 0.1) is 22.8 Å². The molecular weight excluding hydrogens is 773 g/mol. The van der Waals surface area contributed by atoms with Crippen LogP contribution >= 0.6 is 0 Å². The van der Waals surface area contributed by atoms with E-state index in [1.54, 1.807) is 0 Å². The molecule has 2 nitrogen and oxygen atoms in total. The molecule has 2 aliphatic rings.